The van der Waals surface area contributed by atoms with Crippen LogP contribution >= 0.6 is 11.8 Å². The summed E-state index contributed by atoms with van der Waals surface area (Å²) in [4.78, 5) is 0. The molecule has 0 spiro atoms. The lowest BCUT2D eigenvalue weighted by molar-refractivity contribution is 0.204. The van der Waals surface area contributed by atoms with Crippen molar-refractivity contribution in [2.45, 2.75) is 56.9 Å². The Morgan fingerprint density at radius 1 is 1.08 bits per heavy atom. The third-order valence-corrected chi connectivity index (χ3v) is 5.03. The van der Waals surface area contributed by atoms with Gasteiger partial charge in [0.1, 0.15) is 0 Å². The van der Waals surface area contributed by atoms with Crippen molar-refractivity contribution >= 4 is 11.8 Å². The van der Waals surface area contributed by atoms with E-state index in [4.69, 9.17) is 0 Å². The highest BCUT2D eigenvalue weighted by Gasteiger charge is 2.31. The molecule has 2 rings (SSSR count). The molecule has 0 aromatic rings. The van der Waals surface area contributed by atoms with Crippen LogP contribution in [0, 0.1) is 5.92 Å². The summed E-state index contributed by atoms with van der Waals surface area (Å²) in [5.41, 5.74) is 0. The largest absolute Gasteiger partial charge is 0.310 e. The molecule has 1 aliphatic heterocycles. The zero-order chi connectivity index (χ0) is 9.26. The van der Waals surface area contributed by atoms with Gasteiger partial charge in [-0.2, -0.15) is 11.8 Å². The summed E-state index contributed by atoms with van der Waals surface area (Å²) in [5.74, 6) is 2.30. The maximum Gasteiger partial charge on any atom is 0.0186 e. The van der Waals surface area contributed by atoms with E-state index in [1.165, 1.54) is 31.4 Å². The van der Waals surface area contributed by atoms with Crippen molar-refractivity contribution in [1.29, 1.82) is 0 Å². The van der Waals surface area contributed by atoms with Gasteiger partial charge in [-0.05, 0) is 37.4 Å². The Kier molecular flexibility index (Phi) is 3.20. The lowest BCUT2D eigenvalue weighted by Gasteiger charge is -2.40. The second-order valence-electron chi connectivity index (χ2n) is 4.65. The Morgan fingerprint density at radius 2 is 1.92 bits per heavy atom. The van der Waals surface area contributed by atoms with Gasteiger partial charge in [-0.25, -0.2) is 0 Å². The molecule has 4 atom stereocenters. The van der Waals surface area contributed by atoms with Gasteiger partial charge in [0.05, 0.1) is 0 Å². The first kappa shape index (κ1) is 9.85. The summed E-state index contributed by atoms with van der Waals surface area (Å²) in [6, 6.07) is 1.64. The fourth-order valence-electron chi connectivity index (χ4n) is 2.33. The highest BCUT2D eigenvalue weighted by molar-refractivity contribution is 7.99. The van der Waals surface area contributed by atoms with Crippen LogP contribution in [-0.4, -0.2) is 23.1 Å². The number of nitrogens with one attached hydrogen (secondary N) is 1. The van der Waals surface area contributed by atoms with Crippen LogP contribution in [0.3, 0.4) is 0 Å². The third-order valence-electron chi connectivity index (χ3n) is 3.65. The Hall–Kier alpha value is 0.310. The zero-order valence-corrected chi connectivity index (χ0v) is 9.57. The van der Waals surface area contributed by atoms with Crippen LogP contribution in [-0.2, 0) is 0 Å². The van der Waals surface area contributed by atoms with Crippen LogP contribution in [0.1, 0.15) is 39.5 Å². The molecule has 13 heavy (non-hydrogen) atoms. The van der Waals surface area contributed by atoms with Crippen LogP contribution in [0.4, 0.5) is 0 Å². The van der Waals surface area contributed by atoms with Gasteiger partial charge < -0.3 is 5.32 Å². The highest BCUT2D eigenvalue weighted by atomic mass is 32.2. The average Bonchev–Trinajstić information content (AvgIpc) is 2.14. The summed E-state index contributed by atoms with van der Waals surface area (Å²) in [7, 11) is 0. The molecule has 1 nitrogen and oxygen atoms in total. The van der Waals surface area contributed by atoms with Gasteiger partial charge in [0.25, 0.3) is 0 Å². The fourth-order valence-corrected chi connectivity index (χ4v) is 3.48. The Bertz CT molecular complexity index is 171. The van der Waals surface area contributed by atoms with E-state index in [2.05, 4.69) is 30.9 Å². The predicted octanol–water partition coefficient (Wildman–Crippen LogP) is 2.66. The predicted molar refractivity (Wildman–Crippen MR) is 60.3 cm³/mol. The van der Waals surface area contributed by atoms with Gasteiger partial charge in [0.15, 0.2) is 0 Å². The van der Waals surface area contributed by atoms with Gasteiger partial charge in [0, 0.05) is 17.3 Å². The van der Waals surface area contributed by atoms with Crippen molar-refractivity contribution in [3.63, 3.8) is 0 Å². The molecule has 2 fully saturated rings. The molecule has 0 aromatic carbocycles. The van der Waals surface area contributed by atoms with Crippen molar-refractivity contribution in [2.75, 3.05) is 5.75 Å². The van der Waals surface area contributed by atoms with E-state index < -0.39 is 0 Å². The molecule has 1 aliphatic carbocycles. The quantitative estimate of drug-likeness (QED) is 0.734. The third kappa shape index (κ3) is 2.21. The van der Waals surface area contributed by atoms with E-state index >= 15 is 0 Å². The minimum absolute atomic E-state index is 0.798. The molecule has 76 valence electrons. The molecule has 1 saturated carbocycles. The second kappa shape index (κ2) is 4.22. The van der Waals surface area contributed by atoms with E-state index in [9.17, 15) is 0 Å². The maximum absolute atomic E-state index is 3.83. The van der Waals surface area contributed by atoms with Crippen LogP contribution in [0.2, 0.25) is 0 Å². The van der Waals surface area contributed by atoms with Crippen molar-refractivity contribution in [3.8, 4) is 0 Å². The Morgan fingerprint density at radius 3 is 2.46 bits per heavy atom. The zero-order valence-electron chi connectivity index (χ0n) is 8.75. The standard InChI is InChI=1S/C11H21NS/c1-8-5-6-10(8)12-11-4-3-7-13-9(11)2/h8-12H,3-7H2,1-2H3. The molecule has 0 bridgehead atoms. The van der Waals surface area contributed by atoms with Crippen molar-refractivity contribution in [3.05, 3.63) is 0 Å². The van der Waals surface area contributed by atoms with Gasteiger partial charge >= 0.3 is 0 Å². The lowest BCUT2D eigenvalue weighted by atomic mass is 9.80. The number of hydrogen-bond acceptors (Lipinski definition) is 2. The normalized spacial score (nSPS) is 45.7. The SMILES string of the molecule is CC1CCC1NC1CCCSC1C. The van der Waals surface area contributed by atoms with Crippen LogP contribution < -0.4 is 5.32 Å². The molecule has 1 heterocycles. The molecule has 0 radical (unpaired) electrons. The Labute approximate surface area is 86.0 Å². The summed E-state index contributed by atoms with van der Waals surface area (Å²) in [6.45, 7) is 4.76. The minimum Gasteiger partial charge on any atom is -0.310 e. The molecule has 2 heteroatoms. The average molecular weight is 199 g/mol. The number of thioether (sulfide) groups is 1. The fraction of sp³-hybridized carbons (Fsp3) is 1.00. The van der Waals surface area contributed by atoms with Gasteiger partial charge in [-0.3, -0.25) is 0 Å². The summed E-state index contributed by atoms with van der Waals surface area (Å²) in [6.07, 6.45) is 5.66. The first-order chi connectivity index (χ1) is 6.27. The van der Waals surface area contributed by atoms with Crippen LogP contribution in [0.25, 0.3) is 0 Å². The van der Waals surface area contributed by atoms with E-state index in [1.807, 2.05) is 0 Å². The van der Waals surface area contributed by atoms with Crippen LogP contribution in [0.5, 0.6) is 0 Å². The number of rotatable bonds is 2. The molecule has 1 N–H and O–H groups in total. The summed E-state index contributed by atoms with van der Waals surface area (Å²) >= 11 is 2.14. The molecule has 0 amide bonds. The minimum atomic E-state index is 0.798. The van der Waals surface area contributed by atoms with E-state index in [0.717, 1.165) is 23.3 Å². The molecule has 2 aliphatic rings. The first-order valence-corrected chi connectivity index (χ1v) is 6.70. The monoisotopic (exact) mass is 199 g/mol. The first-order valence-electron chi connectivity index (χ1n) is 5.65. The van der Waals surface area contributed by atoms with Crippen LogP contribution in [0.15, 0.2) is 0 Å². The van der Waals surface area contributed by atoms with E-state index in [-0.39, 0.29) is 0 Å². The van der Waals surface area contributed by atoms with Gasteiger partial charge in [-0.1, -0.05) is 13.8 Å². The summed E-state index contributed by atoms with van der Waals surface area (Å²) < 4.78 is 0. The van der Waals surface area contributed by atoms with Crippen molar-refractivity contribution in [1.82, 2.24) is 5.32 Å². The molecule has 1 saturated heterocycles. The lowest BCUT2D eigenvalue weighted by Crippen LogP contribution is -2.51. The highest BCUT2D eigenvalue weighted by Crippen LogP contribution is 2.31. The van der Waals surface area contributed by atoms with Crippen molar-refractivity contribution in [2.24, 2.45) is 5.92 Å². The van der Waals surface area contributed by atoms with Crippen molar-refractivity contribution < 1.29 is 0 Å². The smallest absolute Gasteiger partial charge is 0.0186 e. The molecular formula is C11H21NS. The summed E-state index contributed by atoms with van der Waals surface area (Å²) in [5, 5.41) is 4.67. The second-order valence-corrected chi connectivity index (χ2v) is 6.14. The molecule has 0 aromatic heterocycles. The Balaban J connectivity index is 1.78. The number of hydrogen-bond donors (Lipinski definition) is 1. The molecule has 4 unspecified atom stereocenters. The van der Waals surface area contributed by atoms with Gasteiger partial charge in [0.2, 0.25) is 0 Å². The van der Waals surface area contributed by atoms with E-state index in [0.29, 0.717) is 0 Å². The van der Waals surface area contributed by atoms with Gasteiger partial charge in [-0.15, -0.1) is 0 Å². The van der Waals surface area contributed by atoms with E-state index in [1.54, 1.807) is 0 Å². The molecular weight excluding hydrogens is 178 g/mol. The topological polar surface area (TPSA) is 12.0 Å². The maximum atomic E-state index is 3.83.